The van der Waals surface area contributed by atoms with Gasteiger partial charge in [-0.3, -0.25) is 4.79 Å². The second-order valence-electron chi connectivity index (χ2n) is 5.87. The second kappa shape index (κ2) is 8.46. The third-order valence-corrected chi connectivity index (χ3v) is 6.00. The van der Waals surface area contributed by atoms with E-state index in [1.807, 2.05) is 42.3 Å². The topological polar surface area (TPSA) is 63.9 Å². The molecule has 0 aliphatic carbocycles. The molecule has 3 rings (SSSR count). The Morgan fingerprint density at radius 2 is 2.12 bits per heavy atom. The molecule has 2 heterocycles. The Balaban J connectivity index is 1.69. The molecular formula is C18H21N5OS2. The molecule has 26 heavy (non-hydrogen) atoms. The van der Waals surface area contributed by atoms with Crippen LogP contribution in [0.2, 0.25) is 0 Å². The minimum absolute atomic E-state index is 0.0846. The number of benzene rings is 1. The van der Waals surface area contributed by atoms with Crippen molar-refractivity contribution >= 4 is 29.0 Å². The number of hydrogen-bond donors (Lipinski definition) is 0. The molecule has 0 atom stereocenters. The fourth-order valence-electron chi connectivity index (χ4n) is 2.57. The van der Waals surface area contributed by atoms with Crippen molar-refractivity contribution in [1.82, 2.24) is 25.1 Å². The Morgan fingerprint density at radius 3 is 2.85 bits per heavy atom. The zero-order chi connectivity index (χ0) is 18.5. The summed E-state index contributed by atoms with van der Waals surface area (Å²) in [6.07, 6.45) is 0. The van der Waals surface area contributed by atoms with Crippen molar-refractivity contribution in [1.29, 1.82) is 0 Å². The summed E-state index contributed by atoms with van der Waals surface area (Å²) in [5.74, 6) is 0.395. The Hall–Kier alpha value is -2.19. The summed E-state index contributed by atoms with van der Waals surface area (Å²) in [5, 5.41) is 14.6. The molecule has 0 bridgehead atoms. The number of nitrogens with zero attached hydrogens (tertiary/aromatic N) is 5. The van der Waals surface area contributed by atoms with Gasteiger partial charge in [-0.2, -0.15) is 4.68 Å². The highest BCUT2D eigenvalue weighted by Gasteiger charge is 2.17. The van der Waals surface area contributed by atoms with E-state index < -0.39 is 0 Å². The molecule has 0 saturated carbocycles. The van der Waals surface area contributed by atoms with Crippen LogP contribution in [-0.4, -0.2) is 43.3 Å². The summed E-state index contributed by atoms with van der Waals surface area (Å²) < 4.78 is 1.70. The van der Waals surface area contributed by atoms with Crippen LogP contribution in [0.25, 0.3) is 5.69 Å². The molecule has 0 aliphatic rings. The standard InChI is InChI=1S/C18H21N5OS2/c1-4-22(11-15-8-6-10-25-15)17(24)12-26-18-19-20-21-23(18)16-9-5-7-13(2)14(16)3/h5-10H,4,11-12H2,1-3H3. The van der Waals surface area contributed by atoms with Crippen LogP contribution < -0.4 is 0 Å². The number of carbonyl (C=O) groups is 1. The van der Waals surface area contributed by atoms with E-state index in [4.69, 9.17) is 0 Å². The number of aromatic nitrogens is 4. The van der Waals surface area contributed by atoms with E-state index >= 15 is 0 Å². The summed E-state index contributed by atoms with van der Waals surface area (Å²) in [5.41, 5.74) is 3.25. The van der Waals surface area contributed by atoms with Gasteiger partial charge in [-0.05, 0) is 59.8 Å². The fraction of sp³-hybridized carbons (Fsp3) is 0.333. The predicted octanol–water partition coefficient (Wildman–Crippen LogP) is 3.48. The maximum Gasteiger partial charge on any atom is 0.233 e. The van der Waals surface area contributed by atoms with Crippen molar-refractivity contribution in [2.45, 2.75) is 32.5 Å². The van der Waals surface area contributed by atoms with Gasteiger partial charge in [-0.1, -0.05) is 30.0 Å². The van der Waals surface area contributed by atoms with Crippen molar-refractivity contribution in [2.24, 2.45) is 0 Å². The minimum Gasteiger partial charge on any atom is -0.337 e. The average Bonchev–Trinajstić information content (AvgIpc) is 3.31. The lowest BCUT2D eigenvalue weighted by molar-refractivity contribution is -0.128. The summed E-state index contributed by atoms with van der Waals surface area (Å²) >= 11 is 3.03. The monoisotopic (exact) mass is 387 g/mol. The number of amides is 1. The van der Waals surface area contributed by atoms with E-state index in [1.54, 1.807) is 16.0 Å². The van der Waals surface area contributed by atoms with Gasteiger partial charge in [0.1, 0.15) is 0 Å². The van der Waals surface area contributed by atoms with Crippen LogP contribution >= 0.6 is 23.1 Å². The molecule has 0 spiro atoms. The second-order valence-corrected chi connectivity index (χ2v) is 7.84. The number of thiophene rings is 1. The molecule has 136 valence electrons. The highest BCUT2D eigenvalue weighted by Crippen LogP contribution is 2.23. The van der Waals surface area contributed by atoms with E-state index in [0.717, 1.165) is 11.3 Å². The fourth-order valence-corrected chi connectivity index (χ4v) is 4.08. The molecule has 0 aliphatic heterocycles. The maximum atomic E-state index is 12.6. The lowest BCUT2D eigenvalue weighted by Gasteiger charge is -2.19. The minimum atomic E-state index is 0.0846. The van der Waals surface area contributed by atoms with E-state index in [0.29, 0.717) is 24.0 Å². The third kappa shape index (κ3) is 4.13. The largest absolute Gasteiger partial charge is 0.337 e. The SMILES string of the molecule is CCN(Cc1cccs1)C(=O)CSc1nnnn1-c1cccc(C)c1C. The van der Waals surface area contributed by atoms with Gasteiger partial charge < -0.3 is 4.90 Å². The van der Waals surface area contributed by atoms with Crippen LogP contribution in [0.4, 0.5) is 0 Å². The van der Waals surface area contributed by atoms with Gasteiger partial charge in [0.05, 0.1) is 18.0 Å². The van der Waals surface area contributed by atoms with Crippen LogP contribution in [0, 0.1) is 13.8 Å². The maximum absolute atomic E-state index is 12.6. The van der Waals surface area contributed by atoms with E-state index in [1.165, 1.54) is 22.2 Å². The predicted molar refractivity (Wildman–Crippen MR) is 105 cm³/mol. The zero-order valence-electron chi connectivity index (χ0n) is 15.0. The Kier molecular flexibility index (Phi) is 6.05. The number of aryl methyl sites for hydroxylation is 1. The number of thioether (sulfide) groups is 1. The van der Waals surface area contributed by atoms with Gasteiger partial charge in [0.15, 0.2) is 0 Å². The first-order valence-electron chi connectivity index (χ1n) is 8.38. The smallest absolute Gasteiger partial charge is 0.233 e. The van der Waals surface area contributed by atoms with Crippen LogP contribution in [0.5, 0.6) is 0 Å². The number of carbonyl (C=O) groups excluding carboxylic acids is 1. The molecule has 0 fully saturated rings. The number of rotatable bonds is 7. The quantitative estimate of drug-likeness (QED) is 0.581. The van der Waals surface area contributed by atoms with Crippen molar-refractivity contribution in [3.8, 4) is 5.69 Å². The van der Waals surface area contributed by atoms with Gasteiger partial charge in [-0.25, -0.2) is 0 Å². The van der Waals surface area contributed by atoms with Crippen LogP contribution in [0.15, 0.2) is 40.9 Å². The third-order valence-electron chi connectivity index (χ3n) is 4.23. The molecule has 0 unspecified atom stereocenters. The molecular weight excluding hydrogens is 366 g/mol. The number of hydrogen-bond acceptors (Lipinski definition) is 6. The Morgan fingerprint density at radius 1 is 1.27 bits per heavy atom. The lowest BCUT2D eigenvalue weighted by atomic mass is 10.1. The summed E-state index contributed by atoms with van der Waals surface area (Å²) in [4.78, 5) is 15.6. The van der Waals surface area contributed by atoms with Gasteiger partial charge >= 0.3 is 0 Å². The van der Waals surface area contributed by atoms with Gasteiger partial charge in [-0.15, -0.1) is 16.4 Å². The zero-order valence-corrected chi connectivity index (χ0v) is 16.7. The molecule has 0 N–H and O–H groups in total. The van der Waals surface area contributed by atoms with Crippen molar-refractivity contribution in [2.75, 3.05) is 12.3 Å². The van der Waals surface area contributed by atoms with Crippen molar-refractivity contribution in [3.05, 3.63) is 51.7 Å². The molecule has 2 aromatic heterocycles. The Labute approximate surface area is 161 Å². The summed E-state index contributed by atoms with van der Waals surface area (Å²) in [7, 11) is 0. The van der Waals surface area contributed by atoms with Gasteiger partial charge in [0.2, 0.25) is 11.1 Å². The summed E-state index contributed by atoms with van der Waals surface area (Å²) in [6.45, 7) is 7.43. The van der Waals surface area contributed by atoms with Crippen molar-refractivity contribution in [3.63, 3.8) is 0 Å². The Bertz CT molecular complexity index is 876. The van der Waals surface area contributed by atoms with E-state index in [-0.39, 0.29) is 5.91 Å². The van der Waals surface area contributed by atoms with Crippen LogP contribution in [0.3, 0.4) is 0 Å². The van der Waals surface area contributed by atoms with Crippen LogP contribution in [-0.2, 0) is 11.3 Å². The van der Waals surface area contributed by atoms with Crippen molar-refractivity contribution < 1.29 is 4.79 Å². The van der Waals surface area contributed by atoms with Gasteiger partial charge in [0.25, 0.3) is 0 Å². The highest BCUT2D eigenvalue weighted by atomic mass is 32.2. The van der Waals surface area contributed by atoms with Crippen LogP contribution in [0.1, 0.15) is 22.9 Å². The first kappa shape index (κ1) is 18.6. The van der Waals surface area contributed by atoms with E-state index in [2.05, 4.69) is 34.6 Å². The summed E-state index contributed by atoms with van der Waals surface area (Å²) in [6, 6.07) is 10.1. The molecule has 8 heteroatoms. The molecule has 1 aromatic carbocycles. The molecule has 0 saturated heterocycles. The molecule has 1 amide bonds. The molecule has 6 nitrogen and oxygen atoms in total. The lowest BCUT2D eigenvalue weighted by Crippen LogP contribution is -2.31. The first-order chi connectivity index (χ1) is 12.6. The normalized spacial score (nSPS) is 10.9. The first-order valence-corrected chi connectivity index (χ1v) is 10.2. The van der Waals surface area contributed by atoms with E-state index in [9.17, 15) is 4.79 Å². The molecule has 3 aromatic rings. The van der Waals surface area contributed by atoms with Gasteiger partial charge in [0, 0.05) is 11.4 Å². The number of tetrazole rings is 1. The highest BCUT2D eigenvalue weighted by molar-refractivity contribution is 7.99. The molecule has 0 radical (unpaired) electrons. The average molecular weight is 388 g/mol.